The van der Waals surface area contributed by atoms with Crippen LogP contribution in [0.2, 0.25) is 0 Å². The summed E-state index contributed by atoms with van der Waals surface area (Å²) in [6.07, 6.45) is 0. The number of anilines is 2. The maximum Gasteiger partial charge on any atom is 0.221 e. The van der Waals surface area contributed by atoms with E-state index in [1.54, 1.807) is 48.5 Å². The normalized spacial score (nSPS) is 10.9. The number of amides is 2. The number of rotatable bonds is 3. The Balaban J connectivity index is 2.18. The first-order valence-corrected chi connectivity index (χ1v) is 9.41. The third-order valence-corrected chi connectivity index (χ3v) is 4.92. The fraction of sp³-hybridized carbons (Fsp3) is 0.0833. The Bertz CT molecular complexity index is 1220. The van der Waals surface area contributed by atoms with Crippen LogP contribution >= 0.6 is 0 Å². The van der Waals surface area contributed by atoms with Crippen molar-refractivity contribution in [1.29, 1.82) is 0 Å². The van der Waals surface area contributed by atoms with Gasteiger partial charge in [-0.15, -0.1) is 0 Å². The molecule has 0 heterocycles. The van der Waals surface area contributed by atoms with Crippen molar-refractivity contribution in [2.45, 2.75) is 13.8 Å². The van der Waals surface area contributed by atoms with Crippen molar-refractivity contribution >= 4 is 44.7 Å². The lowest BCUT2D eigenvalue weighted by molar-refractivity contribution is -0.115. The van der Waals surface area contributed by atoms with Crippen LogP contribution in [0.4, 0.5) is 11.4 Å². The van der Waals surface area contributed by atoms with E-state index in [1.165, 1.54) is 13.8 Å². The van der Waals surface area contributed by atoms with Crippen molar-refractivity contribution in [3.8, 4) is 22.6 Å². The van der Waals surface area contributed by atoms with E-state index in [1.807, 2.05) is 12.1 Å². The number of carbonyl (C=O) groups excluding carboxylic acids is 2. The van der Waals surface area contributed by atoms with Gasteiger partial charge in [0.05, 0.1) is 0 Å². The van der Waals surface area contributed by atoms with Crippen LogP contribution < -0.4 is 10.6 Å². The Kier molecular flexibility index (Phi) is 4.75. The van der Waals surface area contributed by atoms with Gasteiger partial charge in [0, 0.05) is 47.1 Å². The van der Waals surface area contributed by atoms with Crippen molar-refractivity contribution in [2.75, 3.05) is 10.6 Å². The minimum absolute atomic E-state index is 0.0549. The highest BCUT2D eigenvalue weighted by Gasteiger charge is 2.21. The molecule has 0 unspecified atom stereocenters. The van der Waals surface area contributed by atoms with Gasteiger partial charge in [-0.25, -0.2) is 0 Å². The zero-order chi connectivity index (χ0) is 21.4. The molecule has 0 saturated carbocycles. The lowest BCUT2D eigenvalue weighted by Crippen LogP contribution is -2.07. The van der Waals surface area contributed by atoms with Crippen LogP contribution in [0.15, 0.2) is 60.7 Å². The van der Waals surface area contributed by atoms with Crippen LogP contribution in [0.25, 0.3) is 32.7 Å². The second-order valence-corrected chi connectivity index (χ2v) is 7.09. The van der Waals surface area contributed by atoms with Gasteiger partial charge in [-0.3, -0.25) is 9.59 Å². The predicted molar refractivity (Wildman–Crippen MR) is 119 cm³/mol. The van der Waals surface area contributed by atoms with E-state index in [2.05, 4.69) is 10.6 Å². The van der Waals surface area contributed by atoms with Gasteiger partial charge in [-0.2, -0.15) is 0 Å². The predicted octanol–water partition coefficient (Wildman–Crippen LogP) is 4.99. The molecule has 4 aromatic carbocycles. The molecule has 0 bridgehead atoms. The van der Waals surface area contributed by atoms with Crippen LogP contribution in [-0.2, 0) is 9.59 Å². The van der Waals surface area contributed by atoms with E-state index < -0.39 is 0 Å². The van der Waals surface area contributed by atoms with Gasteiger partial charge in [0.2, 0.25) is 11.8 Å². The molecular weight excluding hydrogens is 380 g/mol. The smallest absolute Gasteiger partial charge is 0.221 e. The first-order chi connectivity index (χ1) is 14.4. The molecule has 0 spiro atoms. The lowest BCUT2D eigenvalue weighted by Gasteiger charge is -2.18. The van der Waals surface area contributed by atoms with E-state index >= 15 is 0 Å². The quantitative estimate of drug-likeness (QED) is 0.389. The van der Waals surface area contributed by atoms with Crippen molar-refractivity contribution in [2.24, 2.45) is 0 Å². The summed E-state index contributed by atoms with van der Waals surface area (Å²) < 4.78 is 0. The zero-order valence-electron chi connectivity index (χ0n) is 16.5. The number of hydrogen-bond acceptors (Lipinski definition) is 4. The standard InChI is InChI=1S/C24H20N2O4/c1-13(27)25-17-7-3-5-15-9-11-19(29)23(21(15)17)24-20(30)12-10-16-6-4-8-18(22(16)24)26-14(2)28/h3-12,29-30H,1-2H3,(H,25,27)(H,26,28). The van der Waals surface area contributed by atoms with Crippen LogP contribution in [0, 0.1) is 0 Å². The van der Waals surface area contributed by atoms with Crippen LogP contribution in [0.3, 0.4) is 0 Å². The summed E-state index contributed by atoms with van der Waals surface area (Å²) in [4.78, 5) is 23.5. The molecule has 6 nitrogen and oxygen atoms in total. The number of phenolic OH excluding ortho intramolecular Hbond substituents is 2. The summed E-state index contributed by atoms with van der Waals surface area (Å²) in [5.41, 5.74) is 1.77. The van der Waals surface area contributed by atoms with Gasteiger partial charge in [0.25, 0.3) is 0 Å². The average Bonchev–Trinajstić information content (AvgIpc) is 2.68. The van der Waals surface area contributed by atoms with E-state index in [0.717, 1.165) is 10.8 Å². The maximum atomic E-state index is 11.8. The molecule has 4 rings (SSSR count). The Hall–Kier alpha value is -4.06. The third kappa shape index (κ3) is 3.28. The minimum atomic E-state index is -0.252. The molecule has 0 aliphatic carbocycles. The molecule has 6 heteroatoms. The number of phenols is 2. The number of benzene rings is 4. The molecular formula is C24H20N2O4. The summed E-state index contributed by atoms with van der Waals surface area (Å²) in [6, 6.07) is 17.4. The highest BCUT2D eigenvalue weighted by molar-refractivity contribution is 6.18. The topological polar surface area (TPSA) is 98.7 Å². The SMILES string of the molecule is CC(=O)Nc1cccc2ccc(O)c(-c3c(O)ccc4cccc(NC(C)=O)c34)c12. The van der Waals surface area contributed by atoms with Crippen molar-refractivity contribution in [1.82, 2.24) is 0 Å². The lowest BCUT2D eigenvalue weighted by atomic mass is 9.90. The summed E-state index contributed by atoms with van der Waals surface area (Å²) >= 11 is 0. The van der Waals surface area contributed by atoms with E-state index in [4.69, 9.17) is 0 Å². The fourth-order valence-electron chi connectivity index (χ4n) is 3.83. The summed E-state index contributed by atoms with van der Waals surface area (Å²) in [7, 11) is 0. The number of aromatic hydroxyl groups is 2. The summed E-state index contributed by atoms with van der Waals surface area (Å²) in [5.74, 6) is -0.614. The van der Waals surface area contributed by atoms with Crippen molar-refractivity contribution < 1.29 is 19.8 Å². The van der Waals surface area contributed by atoms with Gasteiger partial charge in [0.15, 0.2) is 0 Å². The number of hydrogen-bond donors (Lipinski definition) is 4. The van der Waals surface area contributed by atoms with Crippen LogP contribution in [-0.4, -0.2) is 22.0 Å². The van der Waals surface area contributed by atoms with Crippen LogP contribution in [0.5, 0.6) is 11.5 Å². The number of fused-ring (bicyclic) bond motifs is 2. The van der Waals surface area contributed by atoms with E-state index in [-0.39, 0.29) is 23.3 Å². The molecule has 0 radical (unpaired) electrons. The average molecular weight is 400 g/mol. The second kappa shape index (κ2) is 7.40. The second-order valence-electron chi connectivity index (χ2n) is 7.09. The molecule has 0 atom stereocenters. The minimum Gasteiger partial charge on any atom is -0.507 e. The van der Waals surface area contributed by atoms with Gasteiger partial charge in [-0.1, -0.05) is 36.4 Å². The molecule has 4 N–H and O–H groups in total. The fourth-order valence-corrected chi connectivity index (χ4v) is 3.83. The molecule has 0 aromatic heterocycles. The molecule has 2 amide bonds. The number of carbonyl (C=O) groups is 2. The zero-order valence-corrected chi connectivity index (χ0v) is 16.5. The molecule has 0 fully saturated rings. The van der Waals surface area contributed by atoms with Gasteiger partial charge in [-0.05, 0) is 35.0 Å². The maximum absolute atomic E-state index is 11.8. The largest absolute Gasteiger partial charge is 0.507 e. The third-order valence-electron chi connectivity index (χ3n) is 4.92. The monoisotopic (exact) mass is 400 g/mol. The summed E-state index contributed by atoms with van der Waals surface area (Å²) in [6.45, 7) is 2.82. The Morgan fingerprint density at radius 1 is 0.633 bits per heavy atom. The molecule has 150 valence electrons. The van der Waals surface area contributed by atoms with Crippen molar-refractivity contribution in [3.05, 3.63) is 60.7 Å². The molecule has 0 aliphatic rings. The van der Waals surface area contributed by atoms with E-state index in [9.17, 15) is 19.8 Å². The molecule has 0 aliphatic heterocycles. The van der Waals surface area contributed by atoms with Crippen LogP contribution in [0.1, 0.15) is 13.8 Å². The Labute approximate surface area is 172 Å². The molecule has 30 heavy (non-hydrogen) atoms. The molecule has 0 saturated heterocycles. The number of nitrogens with one attached hydrogen (secondary N) is 2. The first-order valence-electron chi connectivity index (χ1n) is 9.41. The van der Waals surface area contributed by atoms with E-state index in [0.29, 0.717) is 33.3 Å². The van der Waals surface area contributed by atoms with Gasteiger partial charge < -0.3 is 20.8 Å². The van der Waals surface area contributed by atoms with Gasteiger partial charge >= 0.3 is 0 Å². The molecule has 4 aromatic rings. The first kappa shape index (κ1) is 19.3. The Morgan fingerprint density at radius 2 is 1.03 bits per heavy atom. The highest BCUT2D eigenvalue weighted by atomic mass is 16.3. The summed E-state index contributed by atoms with van der Waals surface area (Å²) in [5, 5.41) is 30.1. The Morgan fingerprint density at radius 3 is 1.40 bits per heavy atom. The van der Waals surface area contributed by atoms with Crippen molar-refractivity contribution in [3.63, 3.8) is 0 Å². The highest BCUT2D eigenvalue weighted by Crippen LogP contribution is 2.48. The van der Waals surface area contributed by atoms with Gasteiger partial charge in [0.1, 0.15) is 11.5 Å².